The summed E-state index contributed by atoms with van der Waals surface area (Å²) >= 11 is 0. The maximum atomic E-state index is 11.8. The number of rotatable bonds is 3. The molecule has 0 aliphatic heterocycles. The van der Waals surface area contributed by atoms with E-state index >= 15 is 0 Å². The molecule has 1 aromatic rings. The van der Waals surface area contributed by atoms with E-state index in [1.807, 2.05) is 0 Å². The van der Waals surface area contributed by atoms with Crippen LogP contribution >= 0.6 is 0 Å². The van der Waals surface area contributed by atoms with Gasteiger partial charge in [0, 0.05) is 5.92 Å². The Bertz CT molecular complexity index is 478. The Morgan fingerprint density at radius 3 is 2.28 bits per heavy atom. The van der Waals surface area contributed by atoms with Gasteiger partial charge in [-0.1, -0.05) is 18.2 Å². The predicted octanol–water partition coefficient (Wildman–Crippen LogP) is 1.21. The molecule has 0 bridgehead atoms. The minimum Gasteiger partial charge on any atom is -0.508 e. The molecule has 0 heterocycles. The molecule has 96 valence electrons. The van der Waals surface area contributed by atoms with Crippen LogP contribution in [0.25, 0.3) is 0 Å². The lowest BCUT2D eigenvalue weighted by atomic mass is 9.98. The monoisotopic (exact) mass is 250 g/mol. The SMILES string of the molecule is COC(=O)C1(C(=O)OC)C[C@@H]1c1ccccc1O. The van der Waals surface area contributed by atoms with Gasteiger partial charge in [0.15, 0.2) is 5.41 Å². The molecule has 1 fully saturated rings. The van der Waals surface area contributed by atoms with Gasteiger partial charge in [0.1, 0.15) is 5.75 Å². The molecular weight excluding hydrogens is 236 g/mol. The molecule has 1 aromatic carbocycles. The number of ether oxygens (including phenoxy) is 2. The number of carbonyl (C=O) groups is 2. The van der Waals surface area contributed by atoms with Crippen LogP contribution in [0.1, 0.15) is 17.9 Å². The average Bonchev–Trinajstić information content (AvgIpc) is 3.14. The van der Waals surface area contributed by atoms with Gasteiger partial charge in [-0.2, -0.15) is 0 Å². The largest absolute Gasteiger partial charge is 0.508 e. The summed E-state index contributed by atoms with van der Waals surface area (Å²) in [6.07, 6.45) is 0.296. The van der Waals surface area contributed by atoms with Crippen LogP contribution in [0, 0.1) is 5.41 Å². The molecule has 1 N–H and O–H groups in total. The van der Waals surface area contributed by atoms with Crippen LogP contribution in [-0.2, 0) is 19.1 Å². The summed E-state index contributed by atoms with van der Waals surface area (Å²) in [6, 6.07) is 6.63. The average molecular weight is 250 g/mol. The Labute approximate surface area is 104 Å². The third-order valence-corrected chi connectivity index (χ3v) is 3.37. The summed E-state index contributed by atoms with van der Waals surface area (Å²) in [7, 11) is 2.46. The van der Waals surface area contributed by atoms with E-state index in [4.69, 9.17) is 0 Å². The van der Waals surface area contributed by atoms with E-state index in [0.717, 1.165) is 0 Å². The minimum atomic E-state index is -1.30. The lowest BCUT2D eigenvalue weighted by molar-refractivity contribution is -0.161. The van der Waals surface area contributed by atoms with E-state index in [0.29, 0.717) is 12.0 Å². The molecule has 1 aliphatic carbocycles. The molecule has 5 nitrogen and oxygen atoms in total. The molecule has 0 radical (unpaired) electrons. The second-order valence-electron chi connectivity index (χ2n) is 4.27. The highest BCUT2D eigenvalue weighted by atomic mass is 16.5. The highest BCUT2D eigenvalue weighted by Gasteiger charge is 2.68. The summed E-state index contributed by atoms with van der Waals surface area (Å²) in [6.45, 7) is 0. The number of hydrogen-bond donors (Lipinski definition) is 1. The van der Waals surface area contributed by atoms with Crippen molar-refractivity contribution in [1.29, 1.82) is 0 Å². The van der Waals surface area contributed by atoms with Crippen molar-refractivity contribution in [3.63, 3.8) is 0 Å². The molecule has 0 saturated heterocycles. The first-order valence-electron chi connectivity index (χ1n) is 5.52. The molecule has 18 heavy (non-hydrogen) atoms. The summed E-state index contributed by atoms with van der Waals surface area (Å²) in [4.78, 5) is 23.6. The number of carbonyl (C=O) groups excluding carboxylic acids is 2. The van der Waals surface area contributed by atoms with Gasteiger partial charge in [-0.25, -0.2) is 0 Å². The molecule has 0 unspecified atom stereocenters. The van der Waals surface area contributed by atoms with Gasteiger partial charge in [0.2, 0.25) is 0 Å². The zero-order valence-corrected chi connectivity index (χ0v) is 10.2. The van der Waals surface area contributed by atoms with Crippen molar-refractivity contribution in [2.45, 2.75) is 12.3 Å². The maximum Gasteiger partial charge on any atom is 0.323 e. The highest BCUT2D eigenvalue weighted by Crippen LogP contribution is 2.62. The fourth-order valence-electron chi connectivity index (χ4n) is 2.32. The van der Waals surface area contributed by atoms with Crippen LogP contribution in [0.15, 0.2) is 24.3 Å². The number of methoxy groups -OCH3 is 2. The topological polar surface area (TPSA) is 72.8 Å². The summed E-state index contributed by atoms with van der Waals surface area (Å²) in [5.74, 6) is -1.57. The first-order chi connectivity index (χ1) is 8.57. The first-order valence-corrected chi connectivity index (χ1v) is 5.52. The summed E-state index contributed by atoms with van der Waals surface area (Å²) in [5.41, 5.74) is -0.740. The third-order valence-electron chi connectivity index (χ3n) is 3.37. The number of para-hydroxylation sites is 1. The maximum absolute atomic E-state index is 11.8. The van der Waals surface area contributed by atoms with Crippen LogP contribution in [0.3, 0.4) is 0 Å². The normalized spacial score (nSPS) is 20.0. The van der Waals surface area contributed by atoms with Gasteiger partial charge in [0.05, 0.1) is 14.2 Å². The van der Waals surface area contributed by atoms with Crippen LogP contribution < -0.4 is 0 Å². The second-order valence-corrected chi connectivity index (χ2v) is 4.27. The Morgan fingerprint density at radius 1 is 1.22 bits per heavy atom. The fourth-order valence-corrected chi connectivity index (χ4v) is 2.32. The van der Waals surface area contributed by atoms with Gasteiger partial charge in [-0.05, 0) is 18.1 Å². The second kappa shape index (κ2) is 4.33. The molecule has 2 rings (SSSR count). The zero-order valence-electron chi connectivity index (χ0n) is 10.2. The highest BCUT2D eigenvalue weighted by molar-refractivity contribution is 6.05. The predicted molar refractivity (Wildman–Crippen MR) is 61.9 cm³/mol. The standard InChI is InChI=1S/C13H14O5/c1-17-11(15)13(12(16)18-2)7-9(13)8-5-3-4-6-10(8)14/h3-6,9,14H,7H2,1-2H3/t9-/m1/s1. The van der Waals surface area contributed by atoms with Gasteiger partial charge < -0.3 is 14.6 Å². The summed E-state index contributed by atoms with van der Waals surface area (Å²) in [5, 5.41) is 9.76. The Kier molecular flexibility index (Phi) is 2.98. The minimum absolute atomic E-state index is 0.0668. The molecular formula is C13H14O5. The lowest BCUT2D eigenvalue weighted by Gasteiger charge is -2.13. The quantitative estimate of drug-likeness (QED) is 0.645. The number of esters is 2. The molecule has 0 aromatic heterocycles. The van der Waals surface area contributed by atoms with Crippen LogP contribution in [0.4, 0.5) is 0 Å². The number of phenols is 1. The Morgan fingerprint density at radius 2 is 1.78 bits per heavy atom. The number of phenolic OH excluding ortho intramolecular Hbond substituents is 1. The first kappa shape index (κ1) is 12.4. The molecule has 0 spiro atoms. The lowest BCUT2D eigenvalue weighted by Crippen LogP contribution is -2.30. The van der Waals surface area contributed by atoms with Gasteiger partial charge in [0.25, 0.3) is 0 Å². The van der Waals surface area contributed by atoms with Gasteiger partial charge >= 0.3 is 11.9 Å². The Balaban J connectivity index is 2.36. The molecule has 1 saturated carbocycles. The van der Waals surface area contributed by atoms with E-state index in [-0.39, 0.29) is 5.75 Å². The van der Waals surface area contributed by atoms with E-state index in [1.165, 1.54) is 20.3 Å². The fraction of sp³-hybridized carbons (Fsp3) is 0.385. The van der Waals surface area contributed by atoms with Crippen molar-refractivity contribution < 1.29 is 24.2 Å². The van der Waals surface area contributed by atoms with Crippen LogP contribution in [0.5, 0.6) is 5.75 Å². The molecule has 5 heteroatoms. The van der Waals surface area contributed by atoms with E-state index in [9.17, 15) is 14.7 Å². The van der Waals surface area contributed by atoms with Crippen molar-refractivity contribution >= 4 is 11.9 Å². The van der Waals surface area contributed by atoms with Crippen molar-refractivity contribution in [3.05, 3.63) is 29.8 Å². The van der Waals surface area contributed by atoms with Crippen molar-refractivity contribution in [3.8, 4) is 5.75 Å². The van der Waals surface area contributed by atoms with E-state index in [2.05, 4.69) is 9.47 Å². The Hall–Kier alpha value is -2.04. The zero-order chi connectivity index (χ0) is 13.3. The van der Waals surface area contributed by atoms with E-state index in [1.54, 1.807) is 18.2 Å². The van der Waals surface area contributed by atoms with E-state index < -0.39 is 23.3 Å². The smallest absolute Gasteiger partial charge is 0.323 e. The number of aromatic hydroxyl groups is 1. The van der Waals surface area contributed by atoms with Crippen molar-refractivity contribution in [2.24, 2.45) is 5.41 Å². The molecule has 1 atom stereocenters. The van der Waals surface area contributed by atoms with Crippen LogP contribution in [0.2, 0.25) is 0 Å². The van der Waals surface area contributed by atoms with Crippen LogP contribution in [-0.4, -0.2) is 31.3 Å². The summed E-state index contributed by atoms with van der Waals surface area (Å²) < 4.78 is 9.34. The van der Waals surface area contributed by atoms with Gasteiger partial charge in [-0.3, -0.25) is 9.59 Å². The number of benzene rings is 1. The molecule has 0 amide bonds. The van der Waals surface area contributed by atoms with Crippen molar-refractivity contribution in [1.82, 2.24) is 0 Å². The van der Waals surface area contributed by atoms with Crippen molar-refractivity contribution in [2.75, 3.05) is 14.2 Å². The third kappa shape index (κ3) is 1.63. The molecule has 1 aliphatic rings. The number of hydrogen-bond acceptors (Lipinski definition) is 5. The van der Waals surface area contributed by atoms with Gasteiger partial charge in [-0.15, -0.1) is 0 Å².